The Morgan fingerprint density at radius 2 is 1.75 bits per heavy atom. The van der Waals surface area contributed by atoms with Crippen molar-refractivity contribution in [1.82, 2.24) is 5.32 Å². The van der Waals surface area contributed by atoms with E-state index in [9.17, 15) is 14.4 Å². The standard InChI is InChI=1S/C14H25NO5/c1-3-4-5-6-7-11(10(2)17)13(18)15-12(8-9-16)14(19)20/h11-12,16H,3-9H2,1-2H3,(H,15,18)(H,19,20)/t11?,12-/m0/s1. The van der Waals surface area contributed by atoms with Crippen LogP contribution >= 0.6 is 0 Å². The summed E-state index contributed by atoms with van der Waals surface area (Å²) in [6.07, 6.45) is 4.20. The Morgan fingerprint density at radius 1 is 1.10 bits per heavy atom. The smallest absolute Gasteiger partial charge is 0.326 e. The maximum atomic E-state index is 12.0. The molecule has 2 atom stereocenters. The molecule has 3 N–H and O–H groups in total. The normalized spacial score (nSPS) is 13.6. The number of carboxylic acids is 1. The average molecular weight is 287 g/mol. The summed E-state index contributed by atoms with van der Waals surface area (Å²) in [7, 11) is 0. The molecule has 1 unspecified atom stereocenters. The molecule has 0 saturated carbocycles. The maximum absolute atomic E-state index is 12.0. The Kier molecular flexibility index (Phi) is 9.63. The van der Waals surface area contributed by atoms with Gasteiger partial charge in [-0.15, -0.1) is 0 Å². The van der Waals surface area contributed by atoms with Crippen LogP contribution in [-0.2, 0) is 14.4 Å². The number of hydrogen-bond acceptors (Lipinski definition) is 4. The lowest BCUT2D eigenvalue weighted by molar-refractivity contribution is -0.144. The quantitative estimate of drug-likeness (QED) is 0.390. The number of hydrogen-bond donors (Lipinski definition) is 3. The second-order valence-electron chi connectivity index (χ2n) is 4.92. The minimum atomic E-state index is -1.21. The van der Waals surface area contributed by atoms with Crippen LogP contribution < -0.4 is 5.32 Å². The molecular weight excluding hydrogens is 262 g/mol. The van der Waals surface area contributed by atoms with Crippen LogP contribution in [0.2, 0.25) is 0 Å². The lowest BCUT2D eigenvalue weighted by Gasteiger charge is -2.18. The molecule has 0 aliphatic heterocycles. The molecule has 0 bridgehead atoms. The van der Waals surface area contributed by atoms with Gasteiger partial charge in [-0.2, -0.15) is 0 Å². The number of carboxylic acid groups (broad SMARTS) is 1. The summed E-state index contributed by atoms with van der Waals surface area (Å²) in [4.78, 5) is 34.4. The third-order valence-electron chi connectivity index (χ3n) is 3.19. The Hall–Kier alpha value is -1.43. The largest absolute Gasteiger partial charge is 0.480 e. The molecular formula is C14H25NO5. The van der Waals surface area contributed by atoms with Gasteiger partial charge in [-0.25, -0.2) is 4.79 Å². The van der Waals surface area contributed by atoms with Crippen LogP contribution in [0.4, 0.5) is 0 Å². The van der Waals surface area contributed by atoms with E-state index < -0.39 is 23.8 Å². The first-order valence-corrected chi connectivity index (χ1v) is 7.08. The second kappa shape index (κ2) is 10.4. The van der Waals surface area contributed by atoms with Gasteiger partial charge >= 0.3 is 5.97 Å². The molecule has 0 rings (SSSR count). The number of carbonyl (C=O) groups excluding carboxylic acids is 2. The molecule has 0 spiro atoms. The summed E-state index contributed by atoms with van der Waals surface area (Å²) in [5, 5.41) is 20.0. The first kappa shape index (κ1) is 18.6. The van der Waals surface area contributed by atoms with Gasteiger partial charge < -0.3 is 15.5 Å². The van der Waals surface area contributed by atoms with Crippen molar-refractivity contribution >= 4 is 17.7 Å². The lowest BCUT2D eigenvalue weighted by atomic mass is 9.96. The molecule has 20 heavy (non-hydrogen) atoms. The van der Waals surface area contributed by atoms with Gasteiger partial charge in [-0.05, 0) is 13.3 Å². The predicted octanol–water partition coefficient (Wildman–Crippen LogP) is 1.11. The molecule has 0 aliphatic rings. The fourth-order valence-corrected chi connectivity index (χ4v) is 1.95. The van der Waals surface area contributed by atoms with E-state index in [2.05, 4.69) is 12.2 Å². The Labute approximate surface area is 119 Å². The summed E-state index contributed by atoms with van der Waals surface area (Å²) in [6.45, 7) is 3.08. The minimum absolute atomic E-state index is 0.0679. The van der Waals surface area contributed by atoms with E-state index in [4.69, 9.17) is 10.2 Å². The molecule has 116 valence electrons. The minimum Gasteiger partial charge on any atom is -0.480 e. The predicted molar refractivity (Wildman–Crippen MR) is 74.2 cm³/mol. The van der Waals surface area contributed by atoms with Crippen LogP contribution in [0, 0.1) is 5.92 Å². The van der Waals surface area contributed by atoms with Gasteiger partial charge in [0.15, 0.2) is 0 Å². The van der Waals surface area contributed by atoms with Crippen molar-refractivity contribution in [3.63, 3.8) is 0 Å². The molecule has 0 aromatic rings. The lowest BCUT2D eigenvalue weighted by Crippen LogP contribution is -2.45. The third kappa shape index (κ3) is 7.23. The number of amides is 1. The number of Topliss-reactive ketones (excluding diaryl/α,β-unsaturated/α-hetero) is 1. The first-order chi connectivity index (χ1) is 9.43. The van der Waals surface area contributed by atoms with Crippen LogP contribution in [0.25, 0.3) is 0 Å². The summed E-state index contributed by atoms with van der Waals surface area (Å²) >= 11 is 0. The van der Waals surface area contributed by atoms with Crippen molar-refractivity contribution in [2.24, 2.45) is 5.92 Å². The van der Waals surface area contributed by atoms with Crippen LogP contribution in [0.5, 0.6) is 0 Å². The third-order valence-corrected chi connectivity index (χ3v) is 3.19. The first-order valence-electron chi connectivity index (χ1n) is 7.08. The van der Waals surface area contributed by atoms with Crippen LogP contribution in [0.15, 0.2) is 0 Å². The zero-order chi connectivity index (χ0) is 15.5. The summed E-state index contributed by atoms with van der Waals surface area (Å²) in [5.41, 5.74) is 0. The van der Waals surface area contributed by atoms with Crippen molar-refractivity contribution in [3.05, 3.63) is 0 Å². The monoisotopic (exact) mass is 287 g/mol. The molecule has 6 heteroatoms. The Balaban J connectivity index is 4.47. The average Bonchev–Trinajstić information content (AvgIpc) is 2.37. The van der Waals surface area contributed by atoms with Gasteiger partial charge in [-0.1, -0.05) is 32.6 Å². The fourth-order valence-electron chi connectivity index (χ4n) is 1.95. The van der Waals surface area contributed by atoms with E-state index in [1.807, 2.05) is 0 Å². The fraction of sp³-hybridized carbons (Fsp3) is 0.786. The highest BCUT2D eigenvalue weighted by Gasteiger charge is 2.27. The van der Waals surface area contributed by atoms with Gasteiger partial charge in [0.1, 0.15) is 11.8 Å². The molecule has 1 amide bonds. The highest BCUT2D eigenvalue weighted by atomic mass is 16.4. The summed E-state index contributed by atoms with van der Waals surface area (Å²) in [5.74, 6) is -2.82. The molecule has 0 aromatic carbocycles. The summed E-state index contributed by atoms with van der Waals surface area (Å²) in [6, 6.07) is -1.15. The number of rotatable bonds is 11. The van der Waals surface area contributed by atoms with E-state index in [1.165, 1.54) is 6.92 Å². The van der Waals surface area contributed by atoms with E-state index in [-0.39, 0.29) is 18.8 Å². The number of aliphatic hydroxyl groups excluding tert-OH is 1. The Bertz CT molecular complexity index is 330. The zero-order valence-electron chi connectivity index (χ0n) is 12.2. The van der Waals surface area contributed by atoms with Crippen molar-refractivity contribution in [3.8, 4) is 0 Å². The van der Waals surface area contributed by atoms with Crippen LogP contribution in [0.1, 0.15) is 52.4 Å². The molecule has 0 fully saturated rings. The van der Waals surface area contributed by atoms with Gasteiger partial charge in [0.2, 0.25) is 5.91 Å². The number of unbranched alkanes of at least 4 members (excludes halogenated alkanes) is 3. The number of ketones is 1. The van der Waals surface area contributed by atoms with Crippen molar-refractivity contribution in [2.45, 2.75) is 58.4 Å². The van der Waals surface area contributed by atoms with Crippen molar-refractivity contribution in [1.29, 1.82) is 0 Å². The molecule has 0 radical (unpaired) electrons. The van der Waals surface area contributed by atoms with Gasteiger partial charge in [0, 0.05) is 13.0 Å². The molecule has 0 heterocycles. The number of carbonyl (C=O) groups is 3. The van der Waals surface area contributed by atoms with Crippen molar-refractivity contribution in [2.75, 3.05) is 6.61 Å². The molecule has 0 aliphatic carbocycles. The van der Waals surface area contributed by atoms with Crippen LogP contribution in [-0.4, -0.2) is 40.5 Å². The van der Waals surface area contributed by atoms with Gasteiger partial charge in [-0.3, -0.25) is 9.59 Å². The van der Waals surface area contributed by atoms with Crippen LogP contribution in [0.3, 0.4) is 0 Å². The SMILES string of the molecule is CCCCCCC(C(C)=O)C(=O)N[C@@H](CCO)C(=O)O. The Morgan fingerprint density at radius 3 is 2.20 bits per heavy atom. The second-order valence-corrected chi connectivity index (χ2v) is 4.92. The number of nitrogens with one attached hydrogen (secondary N) is 1. The van der Waals surface area contributed by atoms with E-state index >= 15 is 0 Å². The maximum Gasteiger partial charge on any atom is 0.326 e. The molecule has 0 aromatic heterocycles. The highest BCUT2D eigenvalue weighted by molar-refractivity contribution is 6.01. The zero-order valence-corrected chi connectivity index (χ0v) is 12.2. The number of aliphatic hydroxyl groups is 1. The van der Waals surface area contributed by atoms with E-state index in [0.717, 1.165) is 25.7 Å². The van der Waals surface area contributed by atoms with E-state index in [1.54, 1.807) is 0 Å². The number of aliphatic carboxylic acids is 1. The summed E-state index contributed by atoms with van der Waals surface area (Å²) < 4.78 is 0. The van der Waals surface area contributed by atoms with Gasteiger partial charge in [0.05, 0.1) is 5.92 Å². The molecule has 0 saturated heterocycles. The molecule has 6 nitrogen and oxygen atoms in total. The van der Waals surface area contributed by atoms with E-state index in [0.29, 0.717) is 6.42 Å². The van der Waals surface area contributed by atoms with Crippen molar-refractivity contribution < 1.29 is 24.6 Å². The topological polar surface area (TPSA) is 104 Å². The highest BCUT2D eigenvalue weighted by Crippen LogP contribution is 2.13. The van der Waals surface area contributed by atoms with Gasteiger partial charge in [0.25, 0.3) is 0 Å².